The second kappa shape index (κ2) is 4.47. The van der Waals surface area contributed by atoms with E-state index in [0.29, 0.717) is 5.92 Å². The molecule has 1 N–H and O–H groups in total. The van der Waals surface area contributed by atoms with Crippen molar-refractivity contribution in [3.05, 3.63) is 23.3 Å². The molecule has 1 aromatic rings. The molecule has 3 nitrogen and oxygen atoms in total. The Bertz CT molecular complexity index is 458. The van der Waals surface area contributed by atoms with Crippen molar-refractivity contribution < 1.29 is 4.74 Å². The van der Waals surface area contributed by atoms with E-state index in [1.54, 1.807) is 7.11 Å². The van der Waals surface area contributed by atoms with Crippen LogP contribution in [0.4, 0.5) is 5.69 Å². The van der Waals surface area contributed by atoms with E-state index >= 15 is 0 Å². The molecule has 0 aromatic heterocycles. The van der Waals surface area contributed by atoms with Gasteiger partial charge in [0.05, 0.1) is 12.8 Å². The monoisotopic (exact) mass is 246 g/mol. The molecule has 3 heteroatoms. The summed E-state index contributed by atoms with van der Waals surface area (Å²) in [6, 6.07) is 4.49. The molecule has 2 heterocycles. The molecule has 2 aliphatic heterocycles. The summed E-state index contributed by atoms with van der Waals surface area (Å²) >= 11 is 0. The normalized spacial score (nSPS) is 26.5. The smallest absolute Gasteiger partial charge is 0.142 e. The van der Waals surface area contributed by atoms with Crippen molar-refractivity contribution in [1.82, 2.24) is 5.32 Å². The molecule has 98 valence electrons. The second-order valence-electron chi connectivity index (χ2n) is 5.64. The van der Waals surface area contributed by atoms with Crippen LogP contribution in [0.15, 0.2) is 12.1 Å². The van der Waals surface area contributed by atoms with Crippen molar-refractivity contribution in [3.63, 3.8) is 0 Å². The van der Waals surface area contributed by atoms with Crippen LogP contribution in [0.2, 0.25) is 0 Å². The fourth-order valence-corrected chi connectivity index (χ4v) is 3.56. The van der Waals surface area contributed by atoms with Crippen LogP contribution >= 0.6 is 0 Å². The van der Waals surface area contributed by atoms with Crippen molar-refractivity contribution >= 4 is 5.69 Å². The fraction of sp³-hybridized carbons (Fsp3) is 0.600. The molecule has 18 heavy (non-hydrogen) atoms. The molecule has 0 radical (unpaired) electrons. The molecule has 1 aromatic carbocycles. The molecular weight excluding hydrogens is 224 g/mol. The average Bonchev–Trinajstić information content (AvgIpc) is 2.37. The van der Waals surface area contributed by atoms with Crippen LogP contribution in [0.1, 0.15) is 23.5 Å². The number of hydrogen-bond donors (Lipinski definition) is 1. The highest BCUT2D eigenvalue weighted by molar-refractivity contribution is 5.67. The van der Waals surface area contributed by atoms with Gasteiger partial charge in [-0.05, 0) is 43.0 Å². The highest BCUT2D eigenvalue weighted by Crippen LogP contribution is 2.45. The van der Waals surface area contributed by atoms with Crippen LogP contribution in [0.3, 0.4) is 0 Å². The van der Waals surface area contributed by atoms with Crippen LogP contribution in [-0.4, -0.2) is 33.8 Å². The summed E-state index contributed by atoms with van der Waals surface area (Å²) in [4.78, 5) is 2.38. The van der Waals surface area contributed by atoms with Gasteiger partial charge in [-0.25, -0.2) is 0 Å². The summed E-state index contributed by atoms with van der Waals surface area (Å²) in [5.41, 5.74) is 4.07. The van der Waals surface area contributed by atoms with E-state index in [1.807, 2.05) is 0 Å². The van der Waals surface area contributed by atoms with E-state index in [-0.39, 0.29) is 0 Å². The number of rotatable bonds is 1. The molecular formula is C15H22N2O. The predicted molar refractivity (Wildman–Crippen MR) is 74.7 cm³/mol. The Morgan fingerprint density at radius 2 is 2.22 bits per heavy atom. The van der Waals surface area contributed by atoms with Gasteiger partial charge in [0.25, 0.3) is 0 Å². The molecule has 1 saturated heterocycles. The van der Waals surface area contributed by atoms with Gasteiger partial charge in [-0.3, -0.25) is 0 Å². The number of anilines is 1. The lowest BCUT2D eigenvalue weighted by Crippen LogP contribution is -2.44. The van der Waals surface area contributed by atoms with Gasteiger partial charge in [0.15, 0.2) is 0 Å². The Kier molecular flexibility index (Phi) is 2.94. The van der Waals surface area contributed by atoms with E-state index in [4.69, 9.17) is 4.74 Å². The maximum Gasteiger partial charge on any atom is 0.142 e. The highest BCUT2D eigenvalue weighted by Gasteiger charge is 2.35. The molecule has 0 saturated carbocycles. The van der Waals surface area contributed by atoms with Gasteiger partial charge < -0.3 is 15.0 Å². The van der Waals surface area contributed by atoms with Crippen LogP contribution in [0, 0.1) is 12.8 Å². The Morgan fingerprint density at radius 1 is 1.39 bits per heavy atom. The Labute approximate surface area is 109 Å². The third kappa shape index (κ3) is 1.77. The molecule has 2 unspecified atom stereocenters. The van der Waals surface area contributed by atoms with Gasteiger partial charge in [0.1, 0.15) is 5.75 Å². The van der Waals surface area contributed by atoms with Gasteiger partial charge in [0, 0.05) is 26.1 Å². The van der Waals surface area contributed by atoms with E-state index < -0.39 is 0 Å². The Hall–Kier alpha value is -1.22. The van der Waals surface area contributed by atoms with Crippen LogP contribution in [0.5, 0.6) is 5.75 Å². The summed E-state index contributed by atoms with van der Waals surface area (Å²) in [6.07, 6.45) is 1.28. The Morgan fingerprint density at radius 3 is 3.00 bits per heavy atom. The number of piperidine rings is 1. The van der Waals surface area contributed by atoms with Crippen LogP contribution in [-0.2, 0) is 0 Å². The molecule has 1 fully saturated rings. The summed E-state index contributed by atoms with van der Waals surface area (Å²) in [5.74, 6) is 2.46. The minimum Gasteiger partial charge on any atom is -0.495 e. The molecule has 0 spiro atoms. The number of nitrogens with zero attached hydrogens (tertiary/aromatic N) is 1. The predicted octanol–water partition coefficient (Wildman–Crippen LogP) is 2.15. The lowest BCUT2D eigenvalue weighted by Gasteiger charge is -2.43. The van der Waals surface area contributed by atoms with Gasteiger partial charge in [-0.1, -0.05) is 6.07 Å². The van der Waals surface area contributed by atoms with Gasteiger partial charge >= 0.3 is 0 Å². The molecule has 0 aliphatic carbocycles. The number of hydrogen-bond acceptors (Lipinski definition) is 3. The third-order valence-corrected chi connectivity index (χ3v) is 4.38. The first-order chi connectivity index (χ1) is 8.70. The van der Waals surface area contributed by atoms with E-state index in [2.05, 4.69) is 36.3 Å². The van der Waals surface area contributed by atoms with Crippen LogP contribution < -0.4 is 15.0 Å². The standard InChI is InChI=1S/C15H22N2O/c1-10-6-12-13-8-16-5-4-11(13)9-17(2)15(12)14(7-10)18-3/h6-7,11,13,16H,4-5,8-9H2,1-3H3. The number of fused-ring (bicyclic) bond motifs is 3. The van der Waals surface area contributed by atoms with Crippen molar-refractivity contribution in [2.45, 2.75) is 19.3 Å². The lowest BCUT2D eigenvalue weighted by molar-refractivity contribution is 0.313. The Balaban J connectivity index is 2.12. The molecule has 0 bridgehead atoms. The first-order valence-electron chi connectivity index (χ1n) is 6.81. The lowest BCUT2D eigenvalue weighted by atomic mass is 9.77. The fourth-order valence-electron chi connectivity index (χ4n) is 3.56. The largest absolute Gasteiger partial charge is 0.495 e. The summed E-state index contributed by atoms with van der Waals surface area (Å²) in [6.45, 7) is 5.58. The molecule has 2 atom stereocenters. The quantitative estimate of drug-likeness (QED) is 0.821. The number of ether oxygens (including phenoxy) is 1. The summed E-state index contributed by atoms with van der Waals surface area (Å²) < 4.78 is 5.58. The molecule has 2 aliphatic rings. The summed E-state index contributed by atoms with van der Waals surface area (Å²) in [7, 11) is 3.96. The minimum absolute atomic E-state index is 0.652. The van der Waals surface area contributed by atoms with Gasteiger partial charge in [-0.15, -0.1) is 0 Å². The zero-order valence-corrected chi connectivity index (χ0v) is 11.5. The third-order valence-electron chi connectivity index (χ3n) is 4.38. The zero-order chi connectivity index (χ0) is 12.7. The van der Waals surface area contributed by atoms with Gasteiger partial charge in [0.2, 0.25) is 0 Å². The first kappa shape index (κ1) is 11.8. The molecule has 0 amide bonds. The van der Waals surface area contributed by atoms with E-state index in [9.17, 15) is 0 Å². The highest BCUT2D eigenvalue weighted by atomic mass is 16.5. The maximum atomic E-state index is 5.58. The van der Waals surface area contributed by atoms with E-state index in [0.717, 1.165) is 31.3 Å². The van der Waals surface area contributed by atoms with E-state index in [1.165, 1.54) is 23.2 Å². The topological polar surface area (TPSA) is 24.5 Å². The van der Waals surface area contributed by atoms with Crippen LogP contribution in [0.25, 0.3) is 0 Å². The number of aryl methyl sites for hydroxylation is 1. The van der Waals surface area contributed by atoms with Crippen molar-refractivity contribution in [3.8, 4) is 5.75 Å². The summed E-state index contributed by atoms with van der Waals surface area (Å²) in [5, 5.41) is 3.54. The zero-order valence-electron chi connectivity index (χ0n) is 11.5. The maximum absolute atomic E-state index is 5.58. The minimum atomic E-state index is 0.652. The second-order valence-corrected chi connectivity index (χ2v) is 5.64. The average molecular weight is 246 g/mol. The molecule has 3 rings (SSSR count). The van der Waals surface area contributed by atoms with Crippen molar-refractivity contribution in [2.75, 3.05) is 38.7 Å². The first-order valence-corrected chi connectivity index (χ1v) is 6.81. The number of methoxy groups -OCH3 is 1. The SMILES string of the molecule is COc1cc(C)cc2c1N(C)CC1CCNCC21. The van der Waals surface area contributed by atoms with Crippen molar-refractivity contribution in [2.24, 2.45) is 5.92 Å². The van der Waals surface area contributed by atoms with Crippen molar-refractivity contribution in [1.29, 1.82) is 0 Å². The number of benzene rings is 1. The number of nitrogens with one attached hydrogen (secondary N) is 1. The van der Waals surface area contributed by atoms with Gasteiger partial charge in [-0.2, -0.15) is 0 Å².